The molecule has 0 saturated heterocycles. The van der Waals surface area contributed by atoms with Gasteiger partial charge in [-0.25, -0.2) is 5.43 Å². The van der Waals surface area contributed by atoms with Crippen LogP contribution in [0.2, 0.25) is 0 Å². The predicted octanol–water partition coefficient (Wildman–Crippen LogP) is 3.80. The van der Waals surface area contributed by atoms with Gasteiger partial charge in [0.25, 0.3) is 5.91 Å². The van der Waals surface area contributed by atoms with Gasteiger partial charge in [0, 0.05) is 0 Å². The van der Waals surface area contributed by atoms with Crippen LogP contribution >= 0.6 is 0 Å². The van der Waals surface area contributed by atoms with Crippen LogP contribution in [0.1, 0.15) is 11.1 Å². The van der Waals surface area contributed by atoms with Crippen LogP contribution in [-0.2, 0) is 11.4 Å². The van der Waals surface area contributed by atoms with Crippen LogP contribution in [0.5, 0.6) is 17.2 Å². The summed E-state index contributed by atoms with van der Waals surface area (Å²) >= 11 is 0. The second kappa shape index (κ2) is 10.5. The van der Waals surface area contributed by atoms with E-state index in [-0.39, 0.29) is 12.5 Å². The van der Waals surface area contributed by atoms with Gasteiger partial charge in [0.15, 0.2) is 6.61 Å². The normalized spacial score (nSPS) is 10.5. The van der Waals surface area contributed by atoms with Crippen LogP contribution in [0.25, 0.3) is 0 Å². The van der Waals surface area contributed by atoms with Gasteiger partial charge in [-0.05, 0) is 59.7 Å². The number of hydrazone groups is 1. The average Bonchev–Trinajstić information content (AvgIpc) is 2.78. The molecule has 0 atom stereocenters. The number of carbonyl (C=O) groups excluding carboxylic acids is 1. The van der Waals surface area contributed by atoms with Crippen molar-refractivity contribution in [1.82, 2.24) is 5.43 Å². The summed E-state index contributed by atoms with van der Waals surface area (Å²) in [6.07, 6.45) is 1.56. The van der Waals surface area contributed by atoms with Gasteiger partial charge in [-0.1, -0.05) is 30.3 Å². The maximum Gasteiger partial charge on any atom is 0.277 e. The van der Waals surface area contributed by atoms with Gasteiger partial charge >= 0.3 is 0 Å². The summed E-state index contributed by atoms with van der Waals surface area (Å²) in [6, 6.07) is 24.4. The molecular formula is C23H22N2O4. The lowest BCUT2D eigenvalue weighted by molar-refractivity contribution is -0.123. The van der Waals surface area contributed by atoms with Crippen LogP contribution in [0.15, 0.2) is 84.0 Å². The molecule has 29 heavy (non-hydrogen) atoms. The molecule has 0 unspecified atom stereocenters. The standard InChI is InChI=1S/C23H22N2O4/c1-27-20-11-13-22(14-12-20)29-17-23(26)25-24-15-18-7-9-21(10-8-18)28-16-19-5-3-2-4-6-19/h2-15H,16-17H2,1H3,(H,25,26)/b24-15+. The van der Waals surface area contributed by atoms with Crippen LogP contribution in [0, 0.1) is 0 Å². The van der Waals surface area contributed by atoms with Crippen LogP contribution in [-0.4, -0.2) is 25.8 Å². The maximum atomic E-state index is 11.8. The van der Waals surface area contributed by atoms with Crippen molar-refractivity contribution in [2.24, 2.45) is 5.10 Å². The van der Waals surface area contributed by atoms with Crippen LogP contribution in [0.4, 0.5) is 0 Å². The SMILES string of the molecule is COc1ccc(OCC(=O)N/N=C/c2ccc(OCc3ccccc3)cc2)cc1. The average molecular weight is 390 g/mol. The topological polar surface area (TPSA) is 69.2 Å². The maximum absolute atomic E-state index is 11.8. The molecule has 148 valence electrons. The van der Waals surface area contributed by atoms with Crippen molar-refractivity contribution in [1.29, 1.82) is 0 Å². The van der Waals surface area contributed by atoms with E-state index in [0.29, 0.717) is 12.4 Å². The summed E-state index contributed by atoms with van der Waals surface area (Å²) in [5, 5.41) is 3.94. The number of rotatable bonds is 9. The molecule has 0 aliphatic rings. The van der Waals surface area contributed by atoms with E-state index in [0.717, 1.165) is 22.6 Å². The molecule has 0 aliphatic heterocycles. The Kier molecular flexibility index (Phi) is 7.23. The van der Waals surface area contributed by atoms with Crippen molar-refractivity contribution in [2.75, 3.05) is 13.7 Å². The number of hydrogen-bond acceptors (Lipinski definition) is 5. The Morgan fingerprint density at radius 3 is 2.17 bits per heavy atom. The minimum Gasteiger partial charge on any atom is -0.497 e. The molecule has 6 nitrogen and oxygen atoms in total. The molecule has 1 N–H and O–H groups in total. The number of hydrogen-bond donors (Lipinski definition) is 1. The Hall–Kier alpha value is -3.80. The third-order valence-corrected chi connectivity index (χ3v) is 3.96. The number of methoxy groups -OCH3 is 1. The Bertz CT molecular complexity index is 923. The molecule has 0 aliphatic carbocycles. The summed E-state index contributed by atoms with van der Waals surface area (Å²) in [7, 11) is 1.59. The quantitative estimate of drug-likeness (QED) is 0.446. The van der Waals surface area contributed by atoms with Crippen molar-refractivity contribution in [3.05, 3.63) is 90.0 Å². The summed E-state index contributed by atoms with van der Waals surface area (Å²) in [4.78, 5) is 11.8. The van der Waals surface area contributed by atoms with Crippen molar-refractivity contribution >= 4 is 12.1 Å². The van der Waals surface area contributed by atoms with Crippen LogP contribution < -0.4 is 19.6 Å². The Balaban J connectivity index is 1.40. The lowest BCUT2D eigenvalue weighted by Crippen LogP contribution is -2.24. The lowest BCUT2D eigenvalue weighted by atomic mass is 10.2. The molecule has 6 heteroatoms. The fourth-order valence-corrected chi connectivity index (χ4v) is 2.42. The molecular weight excluding hydrogens is 368 g/mol. The molecule has 1 amide bonds. The molecule has 0 spiro atoms. The summed E-state index contributed by atoms with van der Waals surface area (Å²) in [5.41, 5.74) is 4.38. The van der Waals surface area contributed by atoms with Crippen molar-refractivity contribution < 1.29 is 19.0 Å². The number of carbonyl (C=O) groups is 1. The van der Waals surface area contributed by atoms with E-state index in [1.165, 1.54) is 0 Å². The number of nitrogens with one attached hydrogen (secondary N) is 1. The van der Waals surface area contributed by atoms with Crippen LogP contribution in [0.3, 0.4) is 0 Å². The zero-order chi connectivity index (χ0) is 20.3. The monoisotopic (exact) mass is 390 g/mol. The van der Waals surface area contributed by atoms with E-state index in [1.807, 2.05) is 54.6 Å². The van der Waals surface area contributed by atoms with Gasteiger partial charge in [-0.3, -0.25) is 4.79 Å². The zero-order valence-electron chi connectivity index (χ0n) is 16.1. The van der Waals surface area contributed by atoms with Gasteiger partial charge in [-0.15, -0.1) is 0 Å². The summed E-state index contributed by atoms with van der Waals surface area (Å²) in [6.45, 7) is 0.383. The number of ether oxygens (including phenoxy) is 3. The molecule has 0 aromatic heterocycles. The smallest absolute Gasteiger partial charge is 0.277 e. The first-order chi connectivity index (χ1) is 14.2. The third-order valence-electron chi connectivity index (χ3n) is 3.96. The fraction of sp³-hybridized carbons (Fsp3) is 0.130. The highest BCUT2D eigenvalue weighted by molar-refractivity contribution is 5.83. The van der Waals surface area contributed by atoms with Gasteiger partial charge in [0.05, 0.1) is 13.3 Å². The molecule has 3 aromatic carbocycles. The van der Waals surface area contributed by atoms with E-state index in [9.17, 15) is 4.79 Å². The van der Waals surface area contributed by atoms with E-state index in [1.54, 1.807) is 37.6 Å². The molecule has 3 aromatic rings. The zero-order valence-corrected chi connectivity index (χ0v) is 16.1. The van der Waals surface area contributed by atoms with E-state index >= 15 is 0 Å². The van der Waals surface area contributed by atoms with E-state index < -0.39 is 0 Å². The highest BCUT2D eigenvalue weighted by Crippen LogP contribution is 2.17. The number of amides is 1. The molecule has 0 saturated carbocycles. The molecule has 0 radical (unpaired) electrons. The summed E-state index contributed by atoms with van der Waals surface area (Å²) in [5.74, 6) is 1.72. The highest BCUT2D eigenvalue weighted by Gasteiger charge is 2.02. The Morgan fingerprint density at radius 1 is 0.862 bits per heavy atom. The lowest BCUT2D eigenvalue weighted by Gasteiger charge is -2.06. The first kappa shape index (κ1) is 19.9. The fourth-order valence-electron chi connectivity index (χ4n) is 2.42. The molecule has 0 fully saturated rings. The number of nitrogens with zero attached hydrogens (tertiary/aromatic N) is 1. The second-order valence-corrected chi connectivity index (χ2v) is 6.10. The van der Waals surface area contributed by atoms with Crippen molar-refractivity contribution in [2.45, 2.75) is 6.61 Å². The first-order valence-corrected chi connectivity index (χ1v) is 9.08. The minimum absolute atomic E-state index is 0.129. The summed E-state index contributed by atoms with van der Waals surface area (Å²) < 4.78 is 16.2. The van der Waals surface area contributed by atoms with Crippen molar-refractivity contribution in [3.8, 4) is 17.2 Å². The second-order valence-electron chi connectivity index (χ2n) is 6.10. The molecule has 0 heterocycles. The van der Waals surface area contributed by atoms with Crippen molar-refractivity contribution in [3.63, 3.8) is 0 Å². The molecule has 0 bridgehead atoms. The van der Waals surface area contributed by atoms with E-state index in [2.05, 4.69) is 10.5 Å². The van der Waals surface area contributed by atoms with Gasteiger partial charge < -0.3 is 14.2 Å². The molecule has 3 rings (SSSR count). The Labute approximate surface area is 169 Å². The number of benzene rings is 3. The largest absolute Gasteiger partial charge is 0.497 e. The third kappa shape index (κ3) is 6.70. The first-order valence-electron chi connectivity index (χ1n) is 9.08. The predicted molar refractivity (Wildman–Crippen MR) is 111 cm³/mol. The highest BCUT2D eigenvalue weighted by atomic mass is 16.5. The minimum atomic E-state index is -0.347. The Morgan fingerprint density at radius 2 is 1.48 bits per heavy atom. The van der Waals surface area contributed by atoms with Gasteiger partial charge in [-0.2, -0.15) is 5.10 Å². The van der Waals surface area contributed by atoms with Gasteiger partial charge in [0.1, 0.15) is 23.9 Å². The van der Waals surface area contributed by atoms with Gasteiger partial charge in [0.2, 0.25) is 0 Å². The van der Waals surface area contributed by atoms with E-state index in [4.69, 9.17) is 14.2 Å².